The second-order valence-electron chi connectivity index (χ2n) is 0. The molecule has 0 aliphatic carbocycles. The molecule has 0 rings (SSSR count). The van der Waals surface area contributed by atoms with E-state index in [0.29, 0.717) is 0 Å². The Hall–Kier alpha value is 2.60. The molecule has 0 bridgehead atoms. The van der Waals surface area contributed by atoms with Crippen LogP contribution in [0.3, 0.4) is 0 Å². The maximum atomic E-state index is 0. The first-order valence-corrected chi connectivity index (χ1v) is 0. The summed E-state index contributed by atoms with van der Waals surface area (Å²) in [5.74, 6) is 0. The predicted octanol–water partition coefficient (Wildman–Crippen LogP) is -1.48. The van der Waals surface area contributed by atoms with E-state index in [1.54, 1.807) is 0 Å². The van der Waals surface area contributed by atoms with Crippen molar-refractivity contribution in [2.45, 2.75) is 0 Å². The van der Waals surface area contributed by atoms with E-state index >= 15 is 0 Å². The zero-order chi connectivity index (χ0) is 0. The van der Waals surface area contributed by atoms with E-state index in [1.807, 2.05) is 0 Å². The Balaban J connectivity index is 0. The van der Waals surface area contributed by atoms with Gasteiger partial charge in [-0.3, -0.25) is 0 Å². The fourth-order valence-electron chi connectivity index (χ4n) is 0. The SMILES string of the molecule is O.[Co].[Fe].[LiH].[Mn].[Ni]. The molecule has 44 valence electrons. The number of hydrogen-bond acceptors (Lipinski definition) is 0. The third-order valence-corrected chi connectivity index (χ3v) is 0. The summed E-state index contributed by atoms with van der Waals surface area (Å²) >= 11 is 0. The molecule has 0 saturated carbocycles. The van der Waals surface area contributed by atoms with Crippen LogP contribution in [0.25, 0.3) is 0 Å². The van der Waals surface area contributed by atoms with Crippen LogP contribution >= 0.6 is 0 Å². The Morgan fingerprint density at radius 1 is 1.00 bits per heavy atom. The molecule has 0 heterocycles. The second-order valence-corrected chi connectivity index (χ2v) is 0. The van der Waals surface area contributed by atoms with Crippen molar-refractivity contribution >= 4 is 18.9 Å². The van der Waals surface area contributed by atoms with Crippen LogP contribution in [0.15, 0.2) is 0 Å². The predicted molar refractivity (Wildman–Crippen MR) is 10.8 cm³/mol. The van der Waals surface area contributed by atoms with Crippen LogP contribution in [0.5, 0.6) is 0 Å². The van der Waals surface area contributed by atoms with Gasteiger partial charge in [-0.05, 0) is 0 Å². The summed E-state index contributed by atoms with van der Waals surface area (Å²) in [4.78, 5) is 0. The van der Waals surface area contributed by atoms with Crippen molar-refractivity contribution in [3.05, 3.63) is 0 Å². The van der Waals surface area contributed by atoms with Crippen molar-refractivity contribution < 1.29 is 72.9 Å². The standard InChI is InChI=1S/Co.Fe.Li.Mn.Ni.H2O.H/h;;;;;1H2;. The normalized spacial score (nSPS) is 0. The maximum Gasteiger partial charge on any atom is 0 e. The van der Waals surface area contributed by atoms with Crippen LogP contribution in [-0.2, 0) is 67.4 Å². The Kier molecular flexibility index (Phi) is 601. The average Bonchev–Trinajstić information content (AvgIpc) is 0. The fraction of sp³-hybridized carbons (Fsp3) is 0. The average molecular weight is 254 g/mol. The Morgan fingerprint density at radius 2 is 1.00 bits per heavy atom. The van der Waals surface area contributed by atoms with E-state index in [2.05, 4.69) is 0 Å². The van der Waals surface area contributed by atoms with Gasteiger partial charge in [-0.2, -0.15) is 0 Å². The molecule has 0 saturated heterocycles. The van der Waals surface area contributed by atoms with Crippen LogP contribution in [0.4, 0.5) is 0 Å². The van der Waals surface area contributed by atoms with Gasteiger partial charge >= 0.3 is 18.9 Å². The minimum Gasteiger partial charge on any atom is 0 e. The molecule has 2 N–H and O–H groups in total. The van der Waals surface area contributed by atoms with E-state index in [-0.39, 0.29) is 91.7 Å². The van der Waals surface area contributed by atoms with Gasteiger partial charge in [-0.25, -0.2) is 0 Å². The molecule has 0 aliphatic heterocycles. The maximum absolute atomic E-state index is 0. The van der Waals surface area contributed by atoms with Gasteiger partial charge in [0.1, 0.15) is 0 Å². The van der Waals surface area contributed by atoms with E-state index < -0.39 is 0 Å². The van der Waals surface area contributed by atoms with Gasteiger partial charge in [-0.15, -0.1) is 0 Å². The minimum atomic E-state index is 0. The molecule has 6 heavy (non-hydrogen) atoms. The first kappa shape index (κ1) is 73.6. The van der Waals surface area contributed by atoms with E-state index in [1.165, 1.54) is 0 Å². The van der Waals surface area contributed by atoms with Crippen molar-refractivity contribution in [2.24, 2.45) is 0 Å². The molecule has 0 aromatic carbocycles. The minimum absolute atomic E-state index is 0. The fourth-order valence-corrected chi connectivity index (χ4v) is 0. The first-order valence-electron chi connectivity index (χ1n) is 0. The summed E-state index contributed by atoms with van der Waals surface area (Å²) < 4.78 is 0. The van der Waals surface area contributed by atoms with Gasteiger partial charge in [0.05, 0.1) is 0 Å². The zero-order valence-corrected chi connectivity index (χ0v) is 6.19. The summed E-state index contributed by atoms with van der Waals surface area (Å²) in [6, 6.07) is 0. The molecule has 1 nitrogen and oxygen atoms in total. The molecule has 0 atom stereocenters. The summed E-state index contributed by atoms with van der Waals surface area (Å²) in [5.41, 5.74) is 0. The molecule has 2 radical (unpaired) electrons. The molecule has 0 unspecified atom stereocenters. The first-order chi connectivity index (χ1) is 0. The quantitative estimate of drug-likeness (QED) is 0.472. The molecule has 0 aliphatic rings. The zero-order valence-electron chi connectivity index (χ0n) is 1.88. The van der Waals surface area contributed by atoms with Crippen LogP contribution < -0.4 is 0 Å². The van der Waals surface area contributed by atoms with Crippen LogP contribution in [-0.4, -0.2) is 24.3 Å². The summed E-state index contributed by atoms with van der Waals surface area (Å²) in [6.07, 6.45) is 0. The molecular weight excluding hydrogens is 251 g/mol. The van der Waals surface area contributed by atoms with Crippen LogP contribution in [0, 0.1) is 0 Å². The second kappa shape index (κ2) is 49.0. The molecule has 0 fully saturated rings. The third-order valence-electron chi connectivity index (χ3n) is 0. The van der Waals surface area contributed by atoms with Gasteiger partial charge < -0.3 is 5.48 Å². The van der Waals surface area contributed by atoms with E-state index in [4.69, 9.17) is 0 Å². The van der Waals surface area contributed by atoms with Gasteiger partial charge in [-0.1, -0.05) is 0 Å². The smallest absolute Gasteiger partial charge is 0 e. The summed E-state index contributed by atoms with van der Waals surface area (Å²) in [7, 11) is 0. The van der Waals surface area contributed by atoms with E-state index in [9.17, 15) is 0 Å². The molecule has 0 amide bonds. The monoisotopic (exact) mass is 254 g/mol. The number of rotatable bonds is 0. The Labute approximate surface area is 90.7 Å². The van der Waals surface area contributed by atoms with E-state index in [0.717, 1.165) is 0 Å². The largest absolute Gasteiger partial charge is 0 e. The van der Waals surface area contributed by atoms with Crippen molar-refractivity contribution in [1.82, 2.24) is 0 Å². The van der Waals surface area contributed by atoms with Crippen molar-refractivity contribution in [2.75, 3.05) is 0 Å². The van der Waals surface area contributed by atoms with Crippen molar-refractivity contribution in [3.8, 4) is 0 Å². The van der Waals surface area contributed by atoms with Gasteiger partial charge in [0, 0.05) is 67.4 Å². The molecule has 0 spiro atoms. The Bertz CT molecular complexity index is 15.5. The summed E-state index contributed by atoms with van der Waals surface area (Å²) in [6.45, 7) is 0. The topological polar surface area (TPSA) is 31.5 Å². The van der Waals surface area contributed by atoms with Crippen LogP contribution in [0.1, 0.15) is 0 Å². The molecular formula is H3CoFeLiMnNiO. The van der Waals surface area contributed by atoms with Crippen molar-refractivity contribution in [1.29, 1.82) is 0 Å². The molecule has 6 heteroatoms. The van der Waals surface area contributed by atoms with Gasteiger partial charge in [0.2, 0.25) is 0 Å². The van der Waals surface area contributed by atoms with Gasteiger partial charge in [0.15, 0.2) is 0 Å². The number of hydrogen-bond donors (Lipinski definition) is 0. The molecule has 0 aromatic rings. The van der Waals surface area contributed by atoms with Crippen LogP contribution in [0.2, 0.25) is 0 Å². The Morgan fingerprint density at radius 3 is 1.00 bits per heavy atom. The summed E-state index contributed by atoms with van der Waals surface area (Å²) in [5, 5.41) is 0. The molecule has 0 aromatic heterocycles. The third kappa shape index (κ3) is 30.6. The van der Waals surface area contributed by atoms with Crippen molar-refractivity contribution in [3.63, 3.8) is 0 Å². The van der Waals surface area contributed by atoms with Gasteiger partial charge in [0.25, 0.3) is 0 Å².